The van der Waals surface area contributed by atoms with Crippen LogP contribution in [0.5, 0.6) is 0 Å². The highest BCUT2D eigenvalue weighted by Gasteiger charge is 2.28. The van der Waals surface area contributed by atoms with Crippen molar-refractivity contribution in [1.82, 2.24) is 5.32 Å². The molecule has 30 heavy (non-hydrogen) atoms. The Labute approximate surface area is 186 Å². The second-order valence-corrected chi connectivity index (χ2v) is 9.38. The molecule has 0 spiro atoms. The van der Waals surface area contributed by atoms with Gasteiger partial charge in [-0.15, -0.1) is 0 Å². The Bertz CT molecular complexity index is 1120. The molecular formula is C22H20Cl2N2O3S. The Morgan fingerprint density at radius 1 is 0.933 bits per heavy atom. The van der Waals surface area contributed by atoms with Gasteiger partial charge in [0.05, 0.1) is 16.6 Å². The summed E-state index contributed by atoms with van der Waals surface area (Å²) in [5.74, 6) is -0.441. The lowest BCUT2D eigenvalue weighted by atomic mass is 10.1. The van der Waals surface area contributed by atoms with Crippen LogP contribution in [0.4, 0.5) is 5.69 Å². The first kappa shape index (κ1) is 22.2. The Morgan fingerprint density at radius 2 is 1.60 bits per heavy atom. The van der Waals surface area contributed by atoms with E-state index in [1.165, 1.54) is 30.3 Å². The first-order chi connectivity index (χ1) is 14.3. The van der Waals surface area contributed by atoms with Gasteiger partial charge in [0, 0.05) is 10.0 Å². The van der Waals surface area contributed by atoms with Gasteiger partial charge in [-0.1, -0.05) is 59.6 Å². The molecule has 0 aliphatic heterocycles. The second kappa shape index (κ2) is 9.51. The zero-order valence-corrected chi connectivity index (χ0v) is 18.5. The molecule has 8 heteroatoms. The third-order valence-electron chi connectivity index (χ3n) is 4.46. The van der Waals surface area contributed by atoms with Crippen LogP contribution in [0.2, 0.25) is 10.0 Å². The molecule has 0 unspecified atom stereocenters. The predicted molar refractivity (Wildman–Crippen MR) is 120 cm³/mol. The Hall–Kier alpha value is -2.54. The van der Waals surface area contributed by atoms with E-state index in [0.29, 0.717) is 15.7 Å². The third-order valence-corrected chi connectivity index (χ3v) is 6.74. The van der Waals surface area contributed by atoms with Gasteiger partial charge in [0.2, 0.25) is 5.91 Å². The Morgan fingerprint density at radius 3 is 2.23 bits per heavy atom. The number of hydrogen-bond donors (Lipinski definition) is 1. The SMILES string of the molecule is C[C@H](NC(=O)CN(c1cccc(Cl)c1)S(=O)(=O)c1ccc(Cl)cc1)c1ccccc1. The number of nitrogens with one attached hydrogen (secondary N) is 1. The van der Waals surface area contributed by atoms with E-state index >= 15 is 0 Å². The van der Waals surface area contributed by atoms with Crippen LogP contribution in [0.15, 0.2) is 83.8 Å². The van der Waals surface area contributed by atoms with Crippen molar-refractivity contribution in [3.8, 4) is 0 Å². The van der Waals surface area contributed by atoms with Gasteiger partial charge in [-0.25, -0.2) is 8.42 Å². The van der Waals surface area contributed by atoms with Gasteiger partial charge in [-0.3, -0.25) is 9.10 Å². The molecule has 0 radical (unpaired) electrons. The van der Waals surface area contributed by atoms with Crippen molar-refractivity contribution >= 4 is 44.8 Å². The smallest absolute Gasteiger partial charge is 0.264 e. The maximum Gasteiger partial charge on any atom is 0.264 e. The van der Waals surface area contributed by atoms with Crippen molar-refractivity contribution in [2.75, 3.05) is 10.8 Å². The van der Waals surface area contributed by atoms with Crippen LogP contribution in [0, 0.1) is 0 Å². The molecular weight excluding hydrogens is 443 g/mol. The van der Waals surface area contributed by atoms with Crippen LogP contribution >= 0.6 is 23.2 Å². The maximum absolute atomic E-state index is 13.3. The fourth-order valence-corrected chi connectivity index (χ4v) is 4.65. The van der Waals surface area contributed by atoms with E-state index in [4.69, 9.17) is 23.2 Å². The van der Waals surface area contributed by atoms with Gasteiger partial charge in [0.25, 0.3) is 10.0 Å². The number of hydrogen-bond acceptors (Lipinski definition) is 3. The topological polar surface area (TPSA) is 66.5 Å². The van der Waals surface area contributed by atoms with E-state index in [2.05, 4.69) is 5.32 Å². The molecule has 0 aromatic heterocycles. The number of nitrogens with zero attached hydrogens (tertiary/aromatic N) is 1. The summed E-state index contributed by atoms with van der Waals surface area (Å²) in [6, 6.07) is 21.3. The highest BCUT2D eigenvalue weighted by atomic mass is 35.5. The number of rotatable bonds is 7. The van der Waals surface area contributed by atoms with E-state index in [-0.39, 0.29) is 10.9 Å². The molecule has 3 rings (SSSR count). The van der Waals surface area contributed by atoms with E-state index in [9.17, 15) is 13.2 Å². The van der Waals surface area contributed by atoms with Crippen molar-refractivity contribution in [1.29, 1.82) is 0 Å². The van der Waals surface area contributed by atoms with Crippen molar-refractivity contribution in [2.45, 2.75) is 17.9 Å². The van der Waals surface area contributed by atoms with Crippen LogP contribution in [0.3, 0.4) is 0 Å². The van der Waals surface area contributed by atoms with Gasteiger partial charge in [0.1, 0.15) is 6.54 Å². The number of sulfonamides is 1. The van der Waals surface area contributed by atoms with Gasteiger partial charge in [0.15, 0.2) is 0 Å². The number of benzene rings is 3. The minimum Gasteiger partial charge on any atom is -0.348 e. The van der Waals surface area contributed by atoms with Crippen molar-refractivity contribution in [3.63, 3.8) is 0 Å². The number of carbonyl (C=O) groups is 1. The summed E-state index contributed by atoms with van der Waals surface area (Å²) in [6.45, 7) is 1.44. The molecule has 5 nitrogen and oxygen atoms in total. The summed E-state index contributed by atoms with van der Waals surface area (Å²) in [5.41, 5.74) is 1.21. The summed E-state index contributed by atoms with van der Waals surface area (Å²) in [6.07, 6.45) is 0. The molecule has 0 aliphatic rings. The molecule has 0 aliphatic carbocycles. The summed E-state index contributed by atoms with van der Waals surface area (Å²) < 4.78 is 27.6. The van der Waals surface area contributed by atoms with Crippen molar-refractivity contribution in [2.24, 2.45) is 0 Å². The van der Waals surface area contributed by atoms with E-state index in [0.717, 1.165) is 9.87 Å². The quantitative estimate of drug-likeness (QED) is 0.532. The van der Waals surface area contributed by atoms with Crippen molar-refractivity contribution in [3.05, 3.63) is 94.5 Å². The first-order valence-corrected chi connectivity index (χ1v) is 11.3. The van der Waals surface area contributed by atoms with Gasteiger partial charge in [-0.2, -0.15) is 0 Å². The lowest BCUT2D eigenvalue weighted by molar-refractivity contribution is -0.120. The zero-order valence-electron chi connectivity index (χ0n) is 16.1. The summed E-state index contributed by atoms with van der Waals surface area (Å²) in [5, 5.41) is 3.62. The number of anilines is 1. The molecule has 0 heterocycles. The highest BCUT2D eigenvalue weighted by molar-refractivity contribution is 7.92. The number of amides is 1. The highest BCUT2D eigenvalue weighted by Crippen LogP contribution is 2.27. The van der Waals surface area contributed by atoms with Gasteiger partial charge in [-0.05, 0) is 55.0 Å². The molecule has 1 N–H and O–H groups in total. The van der Waals surface area contributed by atoms with Crippen LogP contribution < -0.4 is 9.62 Å². The minimum absolute atomic E-state index is 0.0239. The van der Waals surface area contributed by atoms with E-state index in [1.54, 1.807) is 18.2 Å². The lowest BCUT2D eigenvalue weighted by Gasteiger charge is -2.25. The maximum atomic E-state index is 13.3. The second-order valence-electron chi connectivity index (χ2n) is 6.65. The Kier molecular flexibility index (Phi) is 7.02. The third kappa shape index (κ3) is 5.33. The molecule has 1 amide bonds. The fraction of sp³-hybridized carbons (Fsp3) is 0.136. The summed E-state index contributed by atoms with van der Waals surface area (Å²) >= 11 is 12.0. The molecule has 0 saturated carbocycles. The molecule has 0 saturated heterocycles. The molecule has 156 valence electrons. The monoisotopic (exact) mass is 462 g/mol. The van der Waals surface area contributed by atoms with Crippen LogP contribution in [0.1, 0.15) is 18.5 Å². The zero-order chi connectivity index (χ0) is 21.7. The van der Waals surface area contributed by atoms with Gasteiger partial charge >= 0.3 is 0 Å². The largest absolute Gasteiger partial charge is 0.348 e. The fourth-order valence-electron chi connectivity index (χ4n) is 2.92. The number of carbonyl (C=O) groups excluding carboxylic acids is 1. The predicted octanol–water partition coefficient (Wildman–Crippen LogP) is 5.07. The molecule has 0 bridgehead atoms. The number of halogens is 2. The average Bonchev–Trinajstić information content (AvgIpc) is 2.73. The lowest BCUT2D eigenvalue weighted by Crippen LogP contribution is -2.41. The van der Waals surface area contributed by atoms with Crippen molar-refractivity contribution < 1.29 is 13.2 Å². The summed E-state index contributed by atoms with van der Waals surface area (Å²) in [7, 11) is -4.03. The molecule has 3 aromatic carbocycles. The average molecular weight is 463 g/mol. The summed E-state index contributed by atoms with van der Waals surface area (Å²) in [4.78, 5) is 12.8. The minimum atomic E-state index is -4.03. The first-order valence-electron chi connectivity index (χ1n) is 9.15. The van der Waals surface area contributed by atoms with Crippen LogP contribution in [-0.2, 0) is 14.8 Å². The van der Waals surface area contributed by atoms with Crippen LogP contribution in [-0.4, -0.2) is 20.9 Å². The standard InChI is InChI=1S/C22H20Cl2N2O3S/c1-16(17-6-3-2-4-7-17)25-22(27)15-26(20-9-5-8-19(24)14-20)30(28,29)21-12-10-18(23)11-13-21/h2-14,16H,15H2,1H3,(H,25,27)/t16-/m0/s1. The normalized spacial score (nSPS) is 12.2. The van der Waals surface area contributed by atoms with E-state index < -0.39 is 22.5 Å². The van der Waals surface area contributed by atoms with E-state index in [1.807, 2.05) is 37.3 Å². The molecule has 0 fully saturated rings. The molecule has 3 aromatic rings. The Balaban J connectivity index is 1.90. The molecule has 1 atom stereocenters. The van der Waals surface area contributed by atoms with Gasteiger partial charge < -0.3 is 5.32 Å². The van der Waals surface area contributed by atoms with Crippen LogP contribution in [0.25, 0.3) is 0 Å².